The third kappa shape index (κ3) is 5.64. The summed E-state index contributed by atoms with van der Waals surface area (Å²) in [5.41, 5.74) is 1.56. The molecule has 1 N–H and O–H groups in total. The normalized spacial score (nSPS) is 16.2. The van der Waals surface area contributed by atoms with Gasteiger partial charge in [-0.25, -0.2) is 9.59 Å². The van der Waals surface area contributed by atoms with Crippen molar-refractivity contribution < 1.29 is 14.3 Å². The summed E-state index contributed by atoms with van der Waals surface area (Å²) in [5.74, 6) is 0.515. The van der Waals surface area contributed by atoms with Crippen LogP contribution in [0, 0.1) is 0 Å². The quantitative estimate of drug-likeness (QED) is 0.874. The number of amides is 3. The summed E-state index contributed by atoms with van der Waals surface area (Å²) in [6.07, 6.45) is 0.770. The van der Waals surface area contributed by atoms with Crippen molar-refractivity contribution in [2.75, 3.05) is 31.5 Å². The van der Waals surface area contributed by atoms with Crippen molar-refractivity contribution in [1.82, 2.24) is 9.80 Å². The molecule has 1 aliphatic rings. The lowest BCUT2D eigenvalue weighted by Crippen LogP contribution is -2.52. The molecule has 0 radical (unpaired) electrons. The minimum atomic E-state index is -0.507. The highest BCUT2D eigenvalue weighted by atomic mass is 16.6. The molecule has 1 heterocycles. The second kappa shape index (κ2) is 8.43. The largest absolute Gasteiger partial charge is 0.444 e. The number of nitrogens with zero attached hydrogens (tertiary/aromatic N) is 2. The standard InChI is InChI=1S/C20H31N3O3/c1-6-15(2)16-7-9-17(10-8-16)21-18(24)22-11-13-23(14-12-22)19(25)26-20(3,4)5/h7-10,15H,6,11-14H2,1-5H3,(H,21,24). The molecule has 1 aromatic carbocycles. The number of benzene rings is 1. The average molecular weight is 361 g/mol. The second-order valence-corrected chi connectivity index (χ2v) is 7.82. The topological polar surface area (TPSA) is 61.9 Å². The molecule has 0 bridgehead atoms. The van der Waals surface area contributed by atoms with Crippen molar-refractivity contribution in [3.05, 3.63) is 29.8 Å². The molecule has 1 fully saturated rings. The van der Waals surface area contributed by atoms with Crippen molar-refractivity contribution in [2.24, 2.45) is 0 Å². The molecule has 0 aromatic heterocycles. The predicted molar refractivity (Wildman–Crippen MR) is 104 cm³/mol. The zero-order valence-electron chi connectivity index (χ0n) is 16.5. The number of nitrogens with one attached hydrogen (secondary N) is 1. The van der Waals surface area contributed by atoms with Gasteiger partial charge >= 0.3 is 12.1 Å². The first-order chi connectivity index (χ1) is 12.2. The Morgan fingerprint density at radius 3 is 2.12 bits per heavy atom. The maximum atomic E-state index is 12.4. The minimum Gasteiger partial charge on any atom is -0.444 e. The van der Waals surface area contributed by atoms with Crippen LogP contribution in [-0.2, 0) is 4.74 Å². The number of rotatable bonds is 3. The fourth-order valence-electron chi connectivity index (χ4n) is 2.75. The van der Waals surface area contributed by atoms with Crippen LogP contribution < -0.4 is 5.32 Å². The van der Waals surface area contributed by atoms with Gasteiger partial charge in [-0.15, -0.1) is 0 Å². The fraction of sp³-hybridized carbons (Fsp3) is 0.600. The molecule has 6 nitrogen and oxygen atoms in total. The highest BCUT2D eigenvalue weighted by Gasteiger charge is 2.27. The van der Waals surface area contributed by atoms with Crippen LogP contribution in [0.5, 0.6) is 0 Å². The van der Waals surface area contributed by atoms with Gasteiger partial charge in [0.15, 0.2) is 0 Å². The average Bonchev–Trinajstić information content (AvgIpc) is 2.60. The molecular formula is C20H31N3O3. The minimum absolute atomic E-state index is 0.134. The van der Waals surface area contributed by atoms with Gasteiger partial charge in [0.1, 0.15) is 5.60 Å². The lowest BCUT2D eigenvalue weighted by molar-refractivity contribution is 0.0174. The van der Waals surface area contributed by atoms with E-state index in [0.29, 0.717) is 32.1 Å². The Labute approximate surface area is 156 Å². The van der Waals surface area contributed by atoms with Gasteiger partial charge in [-0.05, 0) is 50.8 Å². The Hall–Kier alpha value is -2.24. The Balaban J connectivity index is 1.84. The number of carbonyl (C=O) groups excluding carboxylic acids is 2. The molecule has 1 aliphatic heterocycles. The zero-order valence-corrected chi connectivity index (χ0v) is 16.5. The van der Waals surface area contributed by atoms with Crippen molar-refractivity contribution in [2.45, 2.75) is 52.6 Å². The summed E-state index contributed by atoms with van der Waals surface area (Å²) in [7, 11) is 0. The monoisotopic (exact) mass is 361 g/mol. The molecular weight excluding hydrogens is 330 g/mol. The van der Waals surface area contributed by atoms with E-state index in [2.05, 4.69) is 31.3 Å². The van der Waals surface area contributed by atoms with Crippen LogP contribution in [0.15, 0.2) is 24.3 Å². The van der Waals surface area contributed by atoms with Gasteiger partial charge in [-0.3, -0.25) is 0 Å². The molecule has 3 amide bonds. The van der Waals surface area contributed by atoms with Gasteiger partial charge < -0.3 is 19.9 Å². The van der Waals surface area contributed by atoms with Crippen molar-refractivity contribution in [3.8, 4) is 0 Å². The third-order valence-electron chi connectivity index (χ3n) is 4.56. The Morgan fingerprint density at radius 2 is 1.62 bits per heavy atom. The number of hydrogen-bond donors (Lipinski definition) is 1. The maximum Gasteiger partial charge on any atom is 0.410 e. The van der Waals surface area contributed by atoms with Crippen LogP contribution in [0.4, 0.5) is 15.3 Å². The Bertz CT molecular complexity index is 614. The van der Waals surface area contributed by atoms with Crippen molar-refractivity contribution in [3.63, 3.8) is 0 Å². The number of urea groups is 1. The third-order valence-corrected chi connectivity index (χ3v) is 4.56. The molecule has 6 heteroatoms. The van der Waals surface area contributed by atoms with Gasteiger partial charge in [0.25, 0.3) is 0 Å². The first-order valence-corrected chi connectivity index (χ1v) is 9.33. The molecule has 144 valence electrons. The lowest BCUT2D eigenvalue weighted by Gasteiger charge is -2.35. The molecule has 1 atom stereocenters. The van der Waals surface area contributed by atoms with Crippen LogP contribution in [0.1, 0.15) is 52.5 Å². The number of piperazine rings is 1. The van der Waals surface area contributed by atoms with E-state index in [-0.39, 0.29) is 12.1 Å². The first kappa shape index (κ1) is 20.1. The van der Waals surface area contributed by atoms with E-state index in [1.165, 1.54) is 5.56 Å². The molecule has 1 aromatic rings. The van der Waals surface area contributed by atoms with E-state index in [1.807, 2.05) is 32.9 Å². The van der Waals surface area contributed by atoms with Crippen LogP contribution in [0.25, 0.3) is 0 Å². The highest BCUT2D eigenvalue weighted by Crippen LogP contribution is 2.21. The summed E-state index contributed by atoms with van der Waals surface area (Å²) in [5, 5.41) is 2.93. The molecule has 0 aliphatic carbocycles. The Morgan fingerprint density at radius 1 is 1.08 bits per heavy atom. The predicted octanol–water partition coefficient (Wildman–Crippen LogP) is 4.28. The van der Waals surface area contributed by atoms with E-state index in [9.17, 15) is 9.59 Å². The highest BCUT2D eigenvalue weighted by molar-refractivity contribution is 5.89. The number of carbonyl (C=O) groups is 2. The number of ether oxygens (including phenoxy) is 1. The van der Waals surface area contributed by atoms with E-state index < -0.39 is 5.60 Å². The van der Waals surface area contributed by atoms with Crippen LogP contribution >= 0.6 is 0 Å². The summed E-state index contributed by atoms with van der Waals surface area (Å²) < 4.78 is 5.38. The van der Waals surface area contributed by atoms with Gasteiger partial charge in [-0.1, -0.05) is 26.0 Å². The summed E-state index contributed by atoms with van der Waals surface area (Å²) in [6.45, 7) is 11.9. The Kier molecular flexibility index (Phi) is 6.51. The van der Waals surface area contributed by atoms with Crippen molar-refractivity contribution in [1.29, 1.82) is 0 Å². The fourth-order valence-corrected chi connectivity index (χ4v) is 2.75. The second-order valence-electron chi connectivity index (χ2n) is 7.82. The smallest absolute Gasteiger partial charge is 0.410 e. The molecule has 2 rings (SSSR count). The molecule has 1 saturated heterocycles. The van der Waals surface area contributed by atoms with Gasteiger partial charge in [0.2, 0.25) is 0 Å². The first-order valence-electron chi connectivity index (χ1n) is 9.33. The van der Waals surface area contributed by atoms with Crippen LogP contribution in [0.2, 0.25) is 0 Å². The maximum absolute atomic E-state index is 12.4. The van der Waals surface area contributed by atoms with Crippen molar-refractivity contribution >= 4 is 17.8 Å². The van der Waals surface area contributed by atoms with Crippen LogP contribution in [-0.4, -0.2) is 53.7 Å². The summed E-state index contributed by atoms with van der Waals surface area (Å²) >= 11 is 0. The number of anilines is 1. The molecule has 1 unspecified atom stereocenters. The van der Waals surface area contributed by atoms with Gasteiger partial charge in [-0.2, -0.15) is 0 Å². The number of hydrogen-bond acceptors (Lipinski definition) is 3. The SMILES string of the molecule is CCC(C)c1ccc(NC(=O)N2CCN(C(=O)OC(C)(C)C)CC2)cc1. The molecule has 0 spiro atoms. The van der Waals surface area contributed by atoms with E-state index in [1.54, 1.807) is 9.80 Å². The van der Waals surface area contributed by atoms with Gasteiger partial charge in [0.05, 0.1) is 0 Å². The van der Waals surface area contributed by atoms with E-state index in [4.69, 9.17) is 4.74 Å². The zero-order chi connectivity index (χ0) is 19.3. The summed E-state index contributed by atoms with van der Waals surface area (Å²) in [6, 6.07) is 7.87. The summed E-state index contributed by atoms with van der Waals surface area (Å²) in [4.78, 5) is 27.9. The van der Waals surface area contributed by atoms with E-state index >= 15 is 0 Å². The van der Waals surface area contributed by atoms with Gasteiger partial charge in [0, 0.05) is 31.9 Å². The molecule has 0 saturated carbocycles. The molecule has 26 heavy (non-hydrogen) atoms. The van der Waals surface area contributed by atoms with Crippen LogP contribution in [0.3, 0.4) is 0 Å². The lowest BCUT2D eigenvalue weighted by atomic mass is 9.99. The van der Waals surface area contributed by atoms with E-state index in [0.717, 1.165) is 12.1 Å².